The maximum absolute atomic E-state index is 4.41. The third kappa shape index (κ3) is 3.70. The highest BCUT2D eigenvalue weighted by Crippen LogP contribution is 2.12. The third-order valence-electron chi connectivity index (χ3n) is 2.79. The maximum Gasteiger partial charge on any atom is 0.243 e. The van der Waals surface area contributed by atoms with E-state index in [1.807, 2.05) is 18.3 Å². The number of fused-ring (bicyclic) bond motifs is 1. The monoisotopic (exact) mass is 310 g/mol. The van der Waals surface area contributed by atoms with Crippen molar-refractivity contribution in [1.29, 1.82) is 0 Å². The van der Waals surface area contributed by atoms with Crippen LogP contribution in [0.25, 0.3) is 5.65 Å². The zero-order valence-corrected chi connectivity index (χ0v) is 12.4. The van der Waals surface area contributed by atoms with Crippen molar-refractivity contribution in [1.82, 2.24) is 14.6 Å². The highest BCUT2D eigenvalue weighted by Gasteiger charge is 2.02. The minimum absolute atomic E-state index is 0.706. The zero-order chi connectivity index (χ0) is 13.0. The van der Waals surface area contributed by atoms with E-state index >= 15 is 0 Å². The first-order valence-corrected chi connectivity index (χ1v) is 7.20. The highest BCUT2D eigenvalue weighted by molar-refractivity contribution is 9.10. The van der Waals surface area contributed by atoms with Crippen LogP contribution in [0.5, 0.6) is 0 Å². The lowest BCUT2D eigenvalue weighted by atomic mass is 10.1. The molecule has 0 aliphatic heterocycles. The van der Waals surface area contributed by atoms with Gasteiger partial charge in [-0.1, -0.05) is 26.7 Å². The van der Waals surface area contributed by atoms with Crippen LogP contribution < -0.4 is 5.32 Å². The van der Waals surface area contributed by atoms with Crippen molar-refractivity contribution in [3.8, 4) is 0 Å². The molecule has 0 aromatic carbocycles. The fourth-order valence-electron chi connectivity index (χ4n) is 1.81. The Kier molecular flexibility index (Phi) is 4.58. The molecule has 0 saturated heterocycles. The number of halogens is 1. The molecule has 0 bridgehead atoms. The minimum atomic E-state index is 0.706. The summed E-state index contributed by atoms with van der Waals surface area (Å²) in [5.41, 5.74) is 0.864. The molecule has 0 fully saturated rings. The highest BCUT2D eigenvalue weighted by atomic mass is 79.9. The van der Waals surface area contributed by atoms with Gasteiger partial charge in [0.15, 0.2) is 5.65 Å². The number of hydrogen-bond donors (Lipinski definition) is 1. The van der Waals surface area contributed by atoms with E-state index in [1.54, 1.807) is 4.52 Å². The summed E-state index contributed by atoms with van der Waals surface area (Å²) in [5, 5.41) is 7.64. The second-order valence-electron chi connectivity index (χ2n) is 4.90. The molecule has 0 saturated carbocycles. The number of hydrogen-bond acceptors (Lipinski definition) is 3. The van der Waals surface area contributed by atoms with Crippen molar-refractivity contribution in [3.05, 3.63) is 22.8 Å². The summed E-state index contributed by atoms with van der Waals surface area (Å²) in [6.45, 7) is 5.45. The van der Waals surface area contributed by atoms with Crippen LogP contribution in [-0.4, -0.2) is 21.1 Å². The number of nitrogens with zero attached hydrogens (tertiary/aromatic N) is 3. The summed E-state index contributed by atoms with van der Waals surface area (Å²) < 4.78 is 2.78. The Morgan fingerprint density at radius 3 is 2.94 bits per heavy atom. The van der Waals surface area contributed by atoms with Gasteiger partial charge >= 0.3 is 0 Å². The van der Waals surface area contributed by atoms with Gasteiger partial charge in [-0.2, -0.15) is 4.98 Å². The Morgan fingerprint density at radius 2 is 2.17 bits per heavy atom. The molecular formula is C13H19BrN4. The summed E-state index contributed by atoms with van der Waals surface area (Å²) >= 11 is 3.42. The van der Waals surface area contributed by atoms with Crippen LogP contribution >= 0.6 is 15.9 Å². The number of nitrogens with one attached hydrogen (secondary N) is 1. The van der Waals surface area contributed by atoms with E-state index in [0.29, 0.717) is 5.95 Å². The minimum Gasteiger partial charge on any atom is -0.353 e. The Morgan fingerprint density at radius 1 is 1.33 bits per heavy atom. The second-order valence-corrected chi connectivity index (χ2v) is 5.82. The molecular weight excluding hydrogens is 292 g/mol. The van der Waals surface area contributed by atoms with Gasteiger partial charge in [0, 0.05) is 17.2 Å². The first kappa shape index (κ1) is 13.3. The normalized spacial score (nSPS) is 11.3. The third-order valence-corrected chi connectivity index (χ3v) is 3.26. The molecule has 4 nitrogen and oxygen atoms in total. The predicted molar refractivity (Wildman–Crippen MR) is 77.9 cm³/mol. The summed E-state index contributed by atoms with van der Waals surface area (Å²) in [4.78, 5) is 4.41. The summed E-state index contributed by atoms with van der Waals surface area (Å²) in [6.07, 6.45) is 5.61. The number of rotatable bonds is 6. The molecule has 18 heavy (non-hydrogen) atoms. The average Bonchev–Trinajstić information content (AvgIpc) is 2.70. The van der Waals surface area contributed by atoms with E-state index < -0.39 is 0 Å². The molecule has 0 atom stereocenters. The van der Waals surface area contributed by atoms with Gasteiger partial charge in [0.25, 0.3) is 0 Å². The quantitative estimate of drug-likeness (QED) is 0.827. The maximum atomic E-state index is 4.41. The molecule has 2 heterocycles. The van der Waals surface area contributed by atoms with Crippen LogP contribution in [0.3, 0.4) is 0 Å². The van der Waals surface area contributed by atoms with Crippen LogP contribution in [0.2, 0.25) is 0 Å². The van der Waals surface area contributed by atoms with E-state index in [9.17, 15) is 0 Å². The number of aromatic nitrogens is 3. The molecule has 0 spiro atoms. The molecule has 0 radical (unpaired) electrons. The first-order valence-electron chi connectivity index (χ1n) is 6.41. The van der Waals surface area contributed by atoms with E-state index in [1.165, 1.54) is 12.8 Å². The molecule has 98 valence electrons. The zero-order valence-electron chi connectivity index (χ0n) is 10.9. The van der Waals surface area contributed by atoms with Gasteiger partial charge in [-0.15, -0.1) is 5.10 Å². The molecule has 2 aromatic rings. The van der Waals surface area contributed by atoms with Crippen molar-refractivity contribution >= 4 is 27.5 Å². The standard InChI is InChI=1S/C13H19BrN4/c1-10(2)5-3-4-8-15-13-16-12-7-6-11(14)9-18(12)17-13/h6-7,9-10H,3-5,8H2,1-2H3,(H,15,17). The molecule has 0 amide bonds. The lowest BCUT2D eigenvalue weighted by Crippen LogP contribution is -2.03. The molecule has 0 aliphatic rings. The summed E-state index contributed by atoms with van der Waals surface area (Å²) in [7, 11) is 0. The molecule has 2 rings (SSSR count). The van der Waals surface area contributed by atoms with Crippen molar-refractivity contribution in [2.75, 3.05) is 11.9 Å². The lowest BCUT2D eigenvalue weighted by Gasteiger charge is -2.04. The molecule has 0 aliphatic carbocycles. The largest absolute Gasteiger partial charge is 0.353 e. The van der Waals surface area contributed by atoms with Crippen LogP contribution in [0.15, 0.2) is 22.8 Å². The van der Waals surface area contributed by atoms with Gasteiger partial charge in [0.1, 0.15) is 0 Å². The number of unbranched alkanes of at least 4 members (excludes halogenated alkanes) is 1. The topological polar surface area (TPSA) is 42.2 Å². The van der Waals surface area contributed by atoms with E-state index in [-0.39, 0.29) is 0 Å². The molecule has 5 heteroatoms. The van der Waals surface area contributed by atoms with Crippen molar-refractivity contribution in [2.24, 2.45) is 5.92 Å². The smallest absolute Gasteiger partial charge is 0.243 e. The Labute approximate surface area is 116 Å². The van der Waals surface area contributed by atoms with E-state index in [0.717, 1.165) is 29.0 Å². The molecule has 0 unspecified atom stereocenters. The van der Waals surface area contributed by atoms with E-state index in [2.05, 4.69) is 45.2 Å². The molecule has 1 N–H and O–H groups in total. The SMILES string of the molecule is CC(C)CCCCNc1nc2ccc(Br)cn2n1. The van der Waals surface area contributed by atoms with Gasteiger partial charge < -0.3 is 5.32 Å². The predicted octanol–water partition coefficient (Wildman–Crippen LogP) is 3.73. The van der Waals surface area contributed by atoms with Crippen LogP contribution in [-0.2, 0) is 0 Å². The fourth-order valence-corrected chi connectivity index (χ4v) is 2.14. The second kappa shape index (κ2) is 6.18. The number of pyridine rings is 1. The Hall–Kier alpha value is -1.10. The van der Waals surface area contributed by atoms with Gasteiger partial charge in [-0.25, -0.2) is 4.52 Å². The van der Waals surface area contributed by atoms with Crippen molar-refractivity contribution < 1.29 is 0 Å². The van der Waals surface area contributed by atoms with Gasteiger partial charge in [0.2, 0.25) is 5.95 Å². The first-order chi connectivity index (χ1) is 8.65. The van der Waals surface area contributed by atoms with Gasteiger partial charge in [-0.05, 0) is 40.4 Å². The number of anilines is 1. The van der Waals surface area contributed by atoms with Crippen molar-refractivity contribution in [2.45, 2.75) is 33.1 Å². The van der Waals surface area contributed by atoms with Crippen LogP contribution in [0.4, 0.5) is 5.95 Å². The summed E-state index contributed by atoms with van der Waals surface area (Å²) in [6, 6.07) is 3.91. The van der Waals surface area contributed by atoms with Gasteiger partial charge in [0.05, 0.1) is 0 Å². The van der Waals surface area contributed by atoms with Gasteiger partial charge in [-0.3, -0.25) is 0 Å². The summed E-state index contributed by atoms with van der Waals surface area (Å²) in [5.74, 6) is 1.49. The fraction of sp³-hybridized carbons (Fsp3) is 0.538. The van der Waals surface area contributed by atoms with E-state index in [4.69, 9.17) is 0 Å². The Balaban J connectivity index is 1.84. The van der Waals surface area contributed by atoms with Crippen molar-refractivity contribution in [3.63, 3.8) is 0 Å². The van der Waals surface area contributed by atoms with Crippen LogP contribution in [0, 0.1) is 5.92 Å². The average molecular weight is 311 g/mol. The molecule has 2 aromatic heterocycles. The Bertz CT molecular complexity index is 507. The van der Waals surface area contributed by atoms with Crippen LogP contribution in [0.1, 0.15) is 33.1 Å². The lowest BCUT2D eigenvalue weighted by molar-refractivity contribution is 0.544.